The summed E-state index contributed by atoms with van der Waals surface area (Å²) in [5.41, 5.74) is 0. The van der Waals surface area contributed by atoms with Gasteiger partial charge in [-0.3, -0.25) is 9.59 Å². The molecule has 0 bridgehead atoms. The van der Waals surface area contributed by atoms with E-state index in [1.807, 2.05) is 13.8 Å². The third-order valence-corrected chi connectivity index (χ3v) is 2.89. The van der Waals surface area contributed by atoms with Crippen molar-refractivity contribution in [3.05, 3.63) is 12.2 Å². The second kappa shape index (κ2) is 7.09. The smallest absolute Gasteiger partial charge is 0.223 e. The maximum absolute atomic E-state index is 11.7. The first-order valence-corrected chi connectivity index (χ1v) is 6.31. The first kappa shape index (κ1) is 13.7. The molecule has 0 aliphatic heterocycles. The molecule has 0 aromatic heterocycles. The Labute approximate surface area is 103 Å². The average Bonchev–Trinajstić information content (AvgIpc) is 2.35. The van der Waals surface area contributed by atoms with Gasteiger partial charge in [0.05, 0.1) is 0 Å². The zero-order valence-electron chi connectivity index (χ0n) is 10.7. The van der Waals surface area contributed by atoms with Gasteiger partial charge in [0.1, 0.15) is 0 Å². The number of amides is 2. The molecule has 96 valence electrons. The van der Waals surface area contributed by atoms with Crippen molar-refractivity contribution in [3.63, 3.8) is 0 Å². The number of nitrogens with one attached hydrogen (secondary N) is 2. The molecule has 4 heteroatoms. The highest BCUT2D eigenvalue weighted by atomic mass is 16.2. The molecule has 1 aliphatic rings. The van der Waals surface area contributed by atoms with Crippen LogP contribution >= 0.6 is 0 Å². The summed E-state index contributed by atoms with van der Waals surface area (Å²) in [6, 6.07) is 0. The number of hydrogen-bond acceptors (Lipinski definition) is 2. The number of rotatable bonds is 5. The zero-order valence-corrected chi connectivity index (χ0v) is 10.7. The lowest BCUT2D eigenvalue weighted by atomic mass is 9.94. The van der Waals surface area contributed by atoms with Gasteiger partial charge in [0, 0.05) is 24.9 Å². The molecule has 17 heavy (non-hydrogen) atoms. The Bertz CT molecular complexity index is 298. The normalized spacial score (nSPS) is 19.1. The van der Waals surface area contributed by atoms with Gasteiger partial charge in [-0.2, -0.15) is 0 Å². The molecule has 4 nitrogen and oxygen atoms in total. The molecule has 2 N–H and O–H groups in total. The van der Waals surface area contributed by atoms with E-state index >= 15 is 0 Å². The summed E-state index contributed by atoms with van der Waals surface area (Å²) in [6.45, 7) is 4.72. The third kappa shape index (κ3) is 5.02. The van der Waals surface area contributed by atoms with E-state index in [2.05, 4.69) is 22.8 Å². The van der Waals surface area contributed by atoms with Crippen LogP contribution in [0.5, 0.6) is 0 Å². The SMILES string of the molecule is CC(C)C(=O)NCCNC(=O)[C@H]1CC=CCC1. The van der Waals surface area contributed by atoms with Crippen LogP contribution in [0.1, 0.15) is 33.1 Å². The molecule has 0 unspecified atom stereocenters. The van der Waals surface area contributed by atoms with Crippen LogP contribution in [-0.4, -0.2) is 24.9 Å². The van der Waals surface area contributed by atoms with E-state index < -0.39 is 0 Å². The first-order chi connectivity index (χ1) is 8.11. The average molecular weight is 238 g/mol. The Morgan fingerprint density at radius 3 is 2.53 bits per heavy atom. The standard InChI is InChI=1S/C13H22N2O2/c1-10(2)12(16)14-8-9-15-13(17)11-6-4-3-5-7-11/h3-4,10-11H,5-9H2,1-2H3,(H,14,16)(H,15,17)/t11-/m0/s1. The quantitative estimate of drug-likeness (QED) is 0.559. The monoisotopic (exact) mass is 238 g/mol. The highest BCUT2D eigenvalue weighted by Crippen LogP contribution is 2.17. The number of allylic oxidation sites excluding steroid dienone is 2. The highest BCUT2D eigenvalue weighted by Gasteiger charge is 2.17. The molecule has 0 radical (unpaired) electrons. The van der Waals surface area contributed by atoms with E-state index in [1.54, 1.807) is 0 Å². The van der Waals surface area contributed by atoms with Crippen molar-refractivity contribution in [1.29, 1.82) is 0 Å². The Morgan fingerprint density at radius 2 is 1.94 bits per heavy atom. The maximum Gasteiger partial charge on any atom is 0.223 e. The van der Waals surface area contributed by atoms with Crippen molar-refractivity contribution < 1.29 is 9.59 Å². The van der Waals surface area contributed by atoms with Gasteiger partial charge in [0.25, 0.3) is 0 Å². The lowest BCUT2D eigenvalue weighted by Gasteiger charge is -2.17. The minimum atomic E-state index is -0.00539. The summed E-state index contributed by atoms with van der Waals surface area (Å²) in [5.74, 6) is 0.239. The Kier molecular flexibility index (Phi) is 5.73. The fraction of sp³-hybridized carbons (Fsp3) is 0.692. The van der Waals surface area contributed by atoms with Gasteiger partial charge in [-0.1, -0.05) is 26.0 Å². The lowest BCUT2D eigenvalue weighted by Crippen LogP contribution is -2.38. The molecule has 0 saturated heterocycles. The fourth-order valence-electron chi connectivity index (χ4n) is 1.75. The first-order valence-electron chi connectivity index (χ1n) is 6.31. The molecule has 0 heterocycles. The summed E-state index contributed by atoms with van der Waals surface area (Å²) in [7, 11) is 0. The molecule has 0 aromatic rings. The lowest BCUT2D eigenvalue weighted by molar-refractivity contribution is -0.126. The molecule has 1 rings (SSSR count). The predicted octanol–water partition coefficient (Wildman–Crippen LogP) is 1.23. The highest BCUT2D eigenvalue weighted by molar-refractivity contribution is 5.79. The van der Waals surface area contributed by atoms with Gasteiger partial charge in [0.15, 0.2) is 0 Å². The van der Waals surface area contributed by atoms with E-state index in [1.165, 1.54) is 0 Å². The van der Waals surface area contributed by atoms with Gasteiger partial charge in [0.2, 0.25) is 11.8 Å². The molecule has 2 amide bonds. The van der Waals surface area contributed by atoms with Crippen LogP contribution in [0.15, 0.2) is 12.2 Å². The van der Waals surface area contributed by atoms with Crippen LogP contribution in [0.4, 0.5) is 0 Å². The summed E-state index contributed by atoms with van der Waals surface area (Å²) in [5, 5.41) is 5.63. The van der Waals surface area contributed by atoms with Crippen molar-refractivity contribution in [3.8, 4) is 0 Å². The van der Waals surface area contributed by atoms with Crippen LogP contribution in [0.3, 0.4) is 0 Å². The van der Waals surface area contributed by atoms with E-state index in [9.17, 15) is 9.59 Å². The van der Waals surface area contributed by atoms with Gasteiger partial charge >= 0.3 is 0 Å². The van der Waals surface area contributed by atoms with Crippen LogP contribution in [0, 0.1) is 11.8 Å². The van der Waals surface area contributed by atoms with Gasteiger partial charge in [-0.05, 0) is 19.3 Å². The molecule has 1 aliphatic carbocycles. The molecule has 0 fully saturated rings. The largest absolute Gasteiger partial charge is 0.354 e. The summed E-state index contributed by atoms with van der Waals surface area (Å²) in [4.78, 5) is 23.0. The van der Waals surface area contributed by atoms with Crippen LogP contribution < -0.4 is 10.6 Å². The maximum atomic E-state index is 11.7. The van der Waals surface area contributed by atoms with Crippen molar-refractivity contribution >= 4 is 11.8 Å². The Hall–Kier alpha value is -1.32. The summed E-state index contributed by atoms with van der Waals surface area (Å²) >= 11 is 0. The molecule has 0 spiro atoms. The molecule has 0 aromatic carbocycles. The number of carbonyl (C=O) groups excluding carboxylic acids is 2. The topological polar surface area (TPSA) is 58.2 Å². The van der Waals surface area contributed by atoms with E-state index in [0.29, 0.717) is 13.1 Å². The summed E-state index contributed by atoms with van der Waals surface area (Å²) in [6.07, 6.45) is 6.94. The number of hydrogen-bond donors (Lipinski definition) is 2. The van der Waals surface area contributed by atoms with Crippen molar-refractivity contribution in [2.24, 2.45) is 11.8 Å². The fourth-order valence-corrected chi connectivity index (χ4v) is 1.75. The molecular weight excluding hydrogens is 216 g/mol. The van der Waals surface area contributed by atoms with E-state index in [4.69, 9.17) is 0 Å². The van der Waals surface area contributed by atoms with Gasteiger partial charge < -0.3 is 10.6 Å². The second-order valence-corrected chi connectivity index (χ2v) is 4.72. The van der Waals surface area contributed by atoms with Crippen LogP contribution in [0.2, 0.25) is 0 Å². The molecule has 0 saturated carbocycles. The summed E-state index contributed by atoms with van der Waals surface area (Å²) < 4.78 is 0. The van der Waals surface area contributed by atoms with Crippen LogP contribution in [-0.2, 0) is 9.59 Å². The Balaban J connectivity index is 2.12. The second-order valence-electron chi connectivity index (χ2n) is 4.72. The zero-order chi connectivity index (χ0) is 12.7. The van der Waals surface area contributed by atoms with Gasteiger partial charge in [-0.15, -0.1) is 0 Å². The van der Waals surface area contributed by atoms with Crippen molar-refractivity contribution in [1.82, 2.24) is 10.6 Å². The minimum absolute atomic E-state index is 0.00539. The molecular formula is C13H22N2O2. The Morgan fingerprint density at radius 1 is 1.24 bits per heavy atom. The molecule has 1 atom stereocenters. The minimum Gasteiger partial charge on any atom is -0.354 e. The van der Waals surface area contributed by atoms with Gasteiger partial charge in [-0.25, -0.2) is 0 Å². The van der Waals surface area contributed by atoms with E-state index in [-0.39, 0.29) is 23.7 Å². The van der Waals surface area contributed by atoms with Crippen molar-refractivity contribution in [2.75, 3.05) is 13.1 Å². The van der Waals surface area contributed by atoms with E-state index in [0.717, 1.165) is 19.3 Å². The third-order valence-electron chi connectivity index (χ3n) is 2.89. The van der Waals surface area contributed by atoms with Crippen molar-refractivity contribution in [2.45, 2.75) is 33.1 Å². The van der Waals surface area contributed by atoms with Crippen LogP contribution in [0.25, 0.3) is 0 Å². The number of carbonyl (C=O) groups is 2. The predicted molar refractivity (Wildman–Crippen MR) is 67.3 cm³/mol.